The standard InChI is InChI=1S/C17H25N5OS/c1-11-6-8-13(9-7-11)10-19-14(23)12(2)24-16-21-20-15(22(16)18)17(3,4)5/h6-9,12H,10,18H2,1-5H3,(H,19,23). The summed E-state index contributed by atoms with van der Waals surface area (Å²) in [6, 6.07) is 8.09. The van der Waals surface area contributed by atoms with Crippen molar-refractivity contribution in [2.24, 2.45) is 0 Å². The third kappa shape index (κ3) is 4.50. The number of thioether (sulfide) groups is 1. The summed E-state index contributed by atoms with van der Waals surface area (Å²) in [6.45, 7) is 10.4. The van der Waals surface area contributed by atoms with Crippen molar-refractivity contribution in [2.75, 3.05) is 5.84 Å². The third-order valence-corrected chi connectivity index (χ3v) is 4.63. The summed E-state index contributed by atoms with van der Waals surface area (Å²) in [6.07, 6.45) is 0. The molecule has 24 heavy (non-hydrogen) atoms. The van der Waals surface area contributed by atoms with Crippen LogP contribution in [0.3, 0.4) is 0 Å². The number of nitrogen functional groups attached to an aromatic ring is 1. The lowest BCUT2D eigenvalue weighted by atomic mass is 9.96. The molecule has 6 nitrogen and oxygen atoms in total. The summed E-state index contributed by atoms with van der Waals surface area (Å²) in [5.41, 5.74) is 2.08. The van der Waals surface area contributed by atoms with Crippen LogP contribution >= 0.6 is 11.8 Å². The molecule has 2 aromatic rings. The van der Waals surface area contributed by atoms with Crippen molar-refractivity contribution in [3.05, 3.63) is 41.2 Å². The van der Waals surface area contributed by atoms with Crippen LogP contribution in [0.15, 0.2) is 29.4 Å². The molecule has 0 radical (unpaired) electrons. The second-order valence-electron chi connectivity index (χ2n) is 6.89. The number of benzene rings is 1. The van der Waals surface area contributed by atoms with E-state index in [1.165, 1.54) is 22.0 Å². The molecule has 2 rings (SSSR count). The van der Waals surface area contributed by atoms with Gasteiger partial charge in [0.05, 0.1) is 5.25 Å². The van der Waals surface area contributed by atoms with Crippen LogP contribution < -0.4 is 11.2 Å². The maximum Gasteiger partial charge on any atom is 0.233 e. The number of aromatic nitrogens is 3. The molecule has 1 aromatic heterocycles. The SMILES string of the molecule is Cc1ccc(CNC(=O)C(C)Sc2nnc(C(C)(C)C)n2N)cc1. The summed E-state index contributed by atoms with van der Waals surface area (Å²) < 4.78 is 1.47. The van der Waals surface area contributed by atoms with E-state index in [0.717, 1.165) is 5.56 Å². The monoisotopic (exact) mass is 347 g/mol. The molecule has 1 aromatic carbocycles. The van der Waals surface area contributed by atoms with Gasteiger partial charge < -0.3 is 11.2 Å². The molecule has 7 heteroatoms. The van der Waals surface area contributed by atoms with Crippen LogP contribution in [0.4, 0.5) is 0 Å². The number of carbonyl (C=O) groups excluding carboxylic acids is 1. The average Bonchev–Trinajstić information content (AvgIpc) is 2.87. The third-order valence-electron chi connectivity index (χ3n) is 3.57. The Bertz CT molecular complexity index is 703. The molecule has 0 saturated heterocycles. The molecule has 3 N–H and O–H groups in total. The predicted molar refractivity (Wildman–Crippen MR) is 97.2 cm³/mol. The maximum atomic E-state index is 12.3. The van der Waals surface area contributed by atoms with Gasteiger partial charge in [-0.3, -0.25) is 4.79 Å². The van der Waals surface area contributed by atoms with Crippen molar-refractivity contribution in [3.8, 4) is 0 Å². The number of nitrogens with two attached hydrogens (primary N) is 1. The zero-order valence-corrected chi connectivity index (χ0v) is 15.6. The Balaban J connectivity index is 1.94. The van der Waals surface area contributed by atoms with Gasteiger partial charge in [-0.2, -0.15) is 0 Å². The van der Waals surface area contributed by atoms with Crippen LogP contribution in [-0.2, 0) is 16.8 Å². The van der Waals surface area contributed by atoms with Crippen molar-refractivity contribution in [1.29, 1.82) is 0 Å². The second kappa shape index (κ2) is 7.25. The minimum Gasteiger partial charge on any atom is -0.351 e. The van der Waals surface area contributed by atoms with Gasteiger partial charge in [-0.1, -0.05) is 62.4 Å². The highest BCUT2D eigenvalue weighted by atomic mass is 32.2. The van der Waals surface area contributed by atoms with Crippen LogP contribution in [0.2, 0.25) is 0 Å². The first kappa shape index (κ1) is 18.3. The normalized spacial score (nSPS) is 12.9. The zero-order chi connectivity index (χ0) is 17.9. The lowest BCUT2D eigenvalue weighted by molar-refractivity contribution is -0.120. The van der Waals surface area contributed by atoms with Gasteiger partial charge in [-0.25, -0.2) is 4.68 Å². The van der Waals surface area contributed by atoms with Gasteiger partial charge >= 0.3 is 0 Å². The molecule has 0 fully saturated rings. The van der Waals surface area contributed by atoms with Gasteiger partial charge in [0.2, 0.25) is 11.1 Å². The van der Waals surface area contributed by atoms with E-state index in [0.29, 0.717) is 17.5 Å². The van der Waals surface area contributed by atoms with Gasteiger partial charge in [0, 0.05) is 12.0 Å². The van der Waals surface area contributed by atoms with Gasteiger partial charge in [-0.15, -0.1) is 10.2 Å². The molecule has 130 valence electrons. The van der Waals surface area contributed by atoms with Crippen molar-refractivity contribution >= 4 is 17.7 Å². The first-order valence-electron chi connectivity index (χ1n) is 7.89. The predicted octanol–water partition coefficient (Wildman–Crippen LogP) is 2.39. The van der Waals surface area contributed by atoms with Gasteiger partial charge in [-0.05, 0) is 19.4 Å². The molecule has 0 saturated carbocycles. The van der Waals surface area contributed by atoms with E-state index in [2.05, 4.69) is 15.5 Å². The summed E-state index contributed by atoms with van der Waals surface area (Å²) >= 11 is 1.31. The molecule has 1 amide bonds. The molecule has 1 heterocycles. The van der Waals surface area contributed by atoms with Crippen LogP contribution in [0, 0.1) is 6.92 Å². The Hall–Kier alpha value is -2.02. The minimum atomic E-state index is -0.310. The number of carbonyl (C=O) groups is 1. The lowest BCUT2D eigenvalue weighted by Crippen LogP contribution is -2.31. The quantitative estimate of drug-likeness (QED) is 0.641. The molecular weight excluding hydrogens is 322 g/mol. The number of hydrogen-bond donors (Lipinski definition) is 2. The first-order chi connectivity index (χ1) is 11.2. The average molecular weight is 347 g/mol. The van der Waals surface area contributed by atoms with E-state index in [1.807, 2.05) is 58.9 Å². The largest absolute Gasteiger partial charge is 0.351 e. The van der Waals surface area contributed by atoms with E-state index in [9.17, 15) is 4.79 Å². The molecule has 1 atom stereocenters. The number of amides is 1. The summed E-state index contributed by atoms with van der Waals surface area (Å²) in [4.78, 5) is 12.3. The molecule has 0 aliphatic carbocycles. The number of nitrogens with one attached hydrogen (secondary N) is 1. The molecule has 0 aliphatic heterocycles. The Morgan fingerprint density at radius 1 is 1.29 bits per heavy atom. The Labute approximate surface area is 147 Å². The number of hydrogen-bond acceptors (Lipinski definition) is 5. The highest BCUT2D eigenvalue weighted by molar-refractivity contribution is 8.00. The molecule has 0 spiro atoms. The van der Waals surface area contributed by atoms with E-state index in [1.54, 1.807) is 0 Å². The fourth-order valence-electron chi connectivity index (χ4n) is 2.12. The van der Waals surface area contributed by atoms with Crippen molar-refractivity contribution in [2.45, 2.75) is 57.0 Å². The summed E-state index contributed by atoms with van der Waals surface area (Å²) in [5.74, 6) is 6.69. The van der Waals surface area contributed by atoms with Crippen molar-refractivity contribution in [3.63, 3.8) is 0 Å². The zero-order valence-electron chi connectivity index (χ0n) is 14.8. The Morgan fingerprint density at radius 2 is 1.92 bits per heavy atom. The van der Waals surface area contributed by atoms with Crippen LogP contribution in [0.25, 0.3) is 0 Å². The van der Waals surface area contributed by atoms with Crippen molar-refractivity contribution < 1.29 is 4.79 Å². The van der Waals surface area contributed by atoms with E-state index in [-0.39, 0.29) is 16.6 Å². The topological polar surface area (TPSA) is 85.8 Å². The number of nitrogens with zero attached hydrogens (tertiary/aromatic N) is 3. The minimum absolute atomic E-state index is 0.0547. The molecule has 1 unspecified atom stereocenters. The van der Waals surface area contributed by atoms with E-state index < -0.39 is 0 Å². The first-order valence-corrected chi connectivity index (χ1v) is 8.77. The maximum absolute atomic E-state index is 12.3. The Kier molecular flexibility index (Phi) is 5.54. The number of rotatable bonds is 5. The van der Waals surface area contributed by atoms with E-state index in [4.69, 9.17) is 5.84 Å². The lowest BCUT2D eigenvalue weighted by Gasteiger charge is -2.17. The highest BCUT2D eigenvalue weighted by Gasteiger charge is 2.25. The van der Waals surface area contributed by atoms with Crippen LogP contribution in [0.1, 0.15) is 44.6 Å². The second-order valence-corrected chi connectivity index (χ2v) is 8.20. The van der Waals surface area contributed by atoms with Crippen LogP contribution in [-0.4, -0.2) is 26.0 Å². The highest BCUT2D eigenvalue weighted by Crippen LogP contribution is 2.25. The molecule has 0 aliphatic rings. The van der Waals surface area contributed by atoms with E-state index >= 15 is 0 Å². The molecule has 0 bridgehead atoms. The smallest absolute Gasteiger partial charge is 0.233 e. The van der Waals surface area contributed by atoms with Gasteiger partial charge in [0.25, 0.3) is 0 Å². The van der Waals surface area contributed by atoms with Gasteiger partial charge in [0.1, 0.15) is 0 Å². The van der Waals surface area contributed by atoms with Gasteiger partial charge in [0.15, 0.2) is 5.82 Å². The fraction of sp³-hybridized carbons (Fsp3) is 0.471. The summed E-state index contributed by atoms with van der Waals surface area (Å²) in [5, 5.41) is 11.4. The van der Waals surface area contributed by atoms with Crippen molar-refractivity contribution in [1.82, 2.24) is 20.2 Å². The molecular formula is C17H25N5OS. The number of aryl methyl sites for hydroxylation is 1. The Morgan fingerprint density at radius 3 is 2.46 bits per heavy atom. The van der Waals surface area contributed by atoms with Crippen LogP contribution in [0.5, 0.6) is 0 Å². The fourth-order valence-corrected chi connectivity index (χ4v) is 2.91. The summed E-state index contributed by atoms with van der Waals surface area (Å²) in [7, 11) is 0.